The van der Waals surface area contributed by atoms with Gasteiger partial charge in [0, 0.05) is 56.7 Å². The summed E-state index contributed by atoms with van der Waals surface area (Å²) >= 11 is 0. The van der Waals surface area contributed by atoms with Gasteiger partial charge >= 0.3 is 0 Å². The molecule has 4 aliphatic rings. The average molecular weight is 803 g/mol. The third-order valence-electron chi connectivity index (χ3n) is 14.8. The number of benzene rings is 7. The van der Waals surface area contributed by atoms with E-state index in [0.717, 1.165) is 30.0 Å². The third kappa shape index (κ3) is 4.56. The van der Waals surface area contributed by atoms with Gasteiger partial charge in [0.25, 0.3) is 0 Å². The zero-order valence-electron chi connectivity index (χ0n) is 34.9. The smallest absolute Gasteiger partial charge is 0.158 e. The van der Waals surface area contributed by atoms with E-state index in [4.69, 9.17) is 4.98 Å². The highest BCUT2D eigenvalue weighted by atomic mass is 15.5. The van der Waals surface area contributed by atoms with E-state index in [2.05, 4.69) is 226 Å². The number of para-hydroxylation sites is 6. The minimum atomic E-state index is -0.320. The number of fused-ring (bicyclic) bond motifs is 13. The van der Waals surface area contributed by atoms with Gasteiger partial charge in [-0.05, 0) is 109 Å². The van der Waals surface area contributed by atoms with Crippen molar-refractivity contribution in [3.63, 3.8) is 0 Å². The van der Waals surface area contributed by atoms with E-state index in [1.165, 1.54) is 67.1 Å². The molecule has 0 saturated heterocycles. The van der Waals surface area contributed by atoms with Crippen molar-refractivity contribution < 1.29 is 0 Å². The van der Waals surface area contributed by atoms with Gasteiger partial charge in [0.2, 0.25) is 0 Å². The Labute approximate surface area is 362 Å². The molecule has 5 atom stereocenters. The number of anilines is 8. The summed E-state index contributed by atoms with van der Waals surface area (Å²) in [5, 5.41) is 2.54. The van der Waals surface area contributed by atoms with E-state index < -0.39 is 0 Å². The van der Waals surface area contributed by atoms with Gasteiger partial charge in [-0.25, -0.2) is 4.98 Å². The highest BCUT2D eigenvalue weighted by Gasteiger charge is 2.67. The Balaban J connectivity index is 1.10. The van der Waals surface area contributed by atoms with Crippen LogP contribution in [0.4, 0.5) is 45.6 Å². The fourth-order valence-corrected chi connectivity index (χ4v) is 12.6. The van der Waals surface area contributed by atoms with Gasteiger partial charge in [0.15, 0.2) is 5.82 Å². The highest BCUT2D eigenvalue weighted by Crippen LogP contribution is 2.71. The van der Waals surface area contributed by atoms with Crippen molar-refractivity contribution in [3.8, 4) is 5.69 Å². The second kappa shape index (κ2) is 13.3. The first-order valence-corrected chi connectivity index (χ1v) is 22.3. The fourth-order valence-electron chi connectivity index (χ4n) is 12.6. The van der Waals surface area contributed by atoms with Crippen LogP contribution in [0, 0.1) is 5.41 Å². The summed E-state index contributed by atoms with van der Waals surface area (Å²) in [6.07, 6.45) is 3.82. The Morgan fingerprint density at radius 2 is 1.05 bits per heavy atom. The molecule has 13 rings (SSSR count). The lowest BCUT2D eigenvalue weighted by Gasteiger charge is -2.59. The molecule has 5 unspecified atom stereocenters. The molecule has 6 heterocycles. The summed E-state index contributed by atoms with van der Waals surface area (Å²) in [6.45, 7) is 4.89. The lowest BCUT2D eigenvalue weighted by Crippen LogP contribution is -2.62. The van der Waals surface area contributed by atoms with Crippen LogP contribution in [0.1, 0.15) is 49.7 Å². The van der Waals surface area contributed by atoms with Crippen LogP contribution in [0.15, 0.2) is 194 Å². The minimum absolute atomic E-state index is 0.0476. The largest absolute Gasteiger partial charge is 0.318 e. The molecular weight excluding hydrogens is 757 g/mol. The van der Waals surface area contributed by atoms with Gasteiger partial charge in [0.05, 0.1) is 28.1 Å². The van der Waals surface area contributed by atoms with Crippen LogP contribution in [0.25, 0.3) is 27.5 Å². The zero-order valence-corrected chi connectivity index (χ0v) is 34.9. The fraction of sp³-hybridized carbons (Fsp3) is 0.161. The average Bonchev–Trinajstić information content (AvgIpc) is 4.07. The van der Waals surface area contributed by atoms with E-state index in [9.17, 15) is 0 Å². The molecule has 0 aliphatic carbocycles. The van der Waals surface area contributed by atoms with Crippen molar-refractivity contribution >= 4 is 67.4 Å². The van der Waals surface area contributed by atoms with Crippen LogP contribution >= 0.6 is 0 Å². The number of aromatic nitrogens is 2. The Hall–Kier alpha value is -7.31. The summed E-state index contributed by atoms with van der Waals surface area (Å²) in [7, 11) is 0. The minimum Gasteiger partial charge on any atom is -0.318 e. The number of hydrogen-bond acceptors (Lipinski definition) is 5. The molecule has 62 heavy (non-hydrogen) atoms. The summed E-state index contributed by atoms with van der Waals surface area (Å²) in [6, 6.07) is 70.0. The Morgan fingerprint density at radius 1 is 0.468 bits per heavy atom. The van der Waals surface area contributed by atoms with E-state index in [1.807, 2.05) is 6.20 Å². The van der Waals surface area contributed by atoms with Crippen LogP contribution in [-0.2, 0) is 0 Å². The molecule has 7 aromatic carbocycles. The number of pyridine rings is 1. The van der Waals surface area contributed by atoms with Gasteiger partial charge in [-0.2, -0.15) is 0 Å². The van der Waals surface area contributed by atoms with E-state index in [1.54, 1.807) is 0 Å². The molecule has 300 valence electrons. The summed E-state index contributed by atoms with van der Waals surface area (Å²) in [4.78, 5) is 15.9. The topological polar surface area (TPSA) is 30.8 Å². The van der Waals surface area contributed by atoms with Crippen molar-refractivity contribution in [2.75, 3.05) is 19.6 Å². The van der Waals surface area contributed by atoms with Crippen molar-refractivity contribution in [1.82, 2.24) is 9.55 Å². The molecule has 0 radical (unpaired) electrons. The molecule has 6 nitrogen and oxygen atoms in total. The molecule has 0 fully saturated rings. The second-order valence-electron chi connectivity index (χ2n) is 17.3. The van der Waals surface area contributed by atoms with Crippen LogP contribution in [0.3, 0.4) is 0 Å². The molecular formula is C56H46N6. The normalized spacial score (nSPS) is 21.8. The maximum absolute atomic E-state index is 5.24. The molecule has 0 N–H and O–H groups in total. The lowest BCUT2D eigenvalue weighted by atomic mass is 9.55. The number of rotatable bonds is 6. The summed E-state index contributed by atoms with van der Waals surface area (Å²) in [5.41, 5.74) is 14.7. The number of hydrogen-bond donors (Lipinski definition) is 0. The van der Waals surface area contributed by atoms with E-state index in [-0.39, 0.29) is 29.6 Å². The second-order valence-corrected chi connectivity index (χ2v) is 17.3. The third-order valence-corrected chi connectivity index (χ3v) is 14.8. The van der Waals surface area contributed by atoms with Gasteiger partial charge in [-0.15, -0.1) is 0 Å². The first-order chi connectivity index (χ1) is 30.7. The molecule has 0 saturated carbocycles. The quantitative estimate of drug-likeness (QED) is 0.167. The van der Waals surface area contributed by atoms with Crippen LogP contribution in [0.2, 0.25) is 0 Å². The van der Waals surface area contributed by atoms with Crippen molar-refractivity contribution in [2.45, 2.75) is 50.9 Å². The predicted molar refractivity (Wildman–Crippen MR) is 255 cm³/mol. The SMILES string of the molecule is CCC1c2ccccc2N2c3ncccc3N(c3ccccc3)C2C1(CC)C1c2ccccc2N2c3cc(-n4c5ccccc5c5ccccc54)ccc3N(c3ccccc3)C12. The van der Waals surface area contributed by atoms with E-state index >= 15 is 0 Å². The van der Waals surface area contributed by atoms with Gasteiger partial charge in [-0.1, -0.05) is 123 Å². The van der Waals surface area contributed by atoms with Crippen molar-refractivity contribution in [1.29, 1.82) is 0 Å². The first-order valence-electron chi connectivity index (χ1n) is 22.3. The number of nitrogens with zero attached hydrogens (tertiary/aromatic N) is 6. The predicted octanol–water partition coefficient (Wildman–Crippen LogP) is 14.1. The van der Waals surface area contributed by atoms with Gasteiger partial charge < -0.3 is 24.2 Å². The summed E-state index contributed by atoms with van der Waals surface area (Å²) in [5.74, 6) is 1.33. The Morgan fingerprint density at radius 3 is 1.73 bits per heavy atom. The Bertz CT molecular complexity index is 3140. The van der Waals surface area contributed by atoms with Crippen LogP contribution in [-0.4, -0.2) is 21.9 Å². The first kappa shape index (κ1) is 35.4. The van der Waals surface area contributed by atoms with Gasteiger partial charge in [-0.3, -0.25) is 0 Å². The van der Waals surface area contributed by atoms with Crippen LogP contribution in [0.5, 0.6) is 0 Å². The lowest BCUT2D eigenvalue weighted by molar-refractivity contribution is 0.100. The Kier molecular flexibility index (Phi) is 7.63. The molecule has 9 aromatic rings. The van der Waals surface area contributed by atoms with Gasteiger partial charge in [0.1, 0.15) is 12.3 Å². The standard InChI is InChI=1S/C56H46N6/c1-3-44-42-26-13-17-30-47(42)62-53-50(32-19-35-57-53)60(38-22-9-6-10-23-38)55(62)56(44,4-2)52-43-27-14-18-31-48(43)61-51-36-39(33-34-49(51)59(54(52)61)37-20-7-5-8-21-37)58-45-28-15-11-24-40(45)41-25-12-16-29-46(41)58/h5-36,44,52,54-55H,3-4H2,1-2H3. The molecule has 0 amide bonds. The molecule has 0 bridgehead atoms. The summed E-state index contributed by atoms with van der Waals surface area (Å²) < 4.78 is 2.46. The maximum atomic E-state index is 5.24. The van der Waals surface area contributed by atoms with Crippen LogP contribution < -0.4 is 19.6 Å². The maximum Gasteiger partial charge on any atom is 0.158 e. The molecule has 6 heteroatoms. The highest BCUT2D eigenvalue weighted by molar-refractivity contribution is 6.09. The molecule has 4 aliphatic heterocycles. The zero-order chi connectivity index (χ0) is 41.1. The van der Waals surface area contributed by atoms with E-state index in [0.29, 0.717) is 0 Å². The van der Waals surface area contributed by atoms with Crippen molar-refractivity contribution in [3.05, 3.63) is 205 Å². The van der Waals surface area contributed by atoms with Crippen molar-refractivity contribution in [2.24, 2.45) is 5.41 Å². The monoisotopic (exact) mass is 802 g/mol. The molecule has 0 spiro atoms. The molecule has 2 aromatic heterocycles.